The van der Waals surface area contributed by atoms with Crippen LogP contribution < -0.4 is 14.4 Å². The number of nitrogens with one attached hydrogen (secondary N) is 1. The Morgan fingerprint density at radius 2 is 1.59 bits per heavy atom. The van der Waals surface area contributed by atoms with Gasteiger partial charge in [-0.2, -0.15) is 0 Å². The lowest BCUT2D eigenvalue weighted by atomic mass is 10.1. The Balaban J connectivity index is 1.82. The van der Waals surface area contributed by atoms with Crippen LogP contribution in [-0.4, -0.2) is 26.7 Å². The van der Waals surface area contributed by atoms with E-state index in [2.05, 4.69) is 5.32 Å². The van der Waals surface area contributed by atoms with Gasteiger partial charge in [-0.05, 0) is 49.2 Å². The fourth-order valence-corrected chi connectivity index (χ4v) is 4.19. The van der Waals surface area contributed by atoms with Crippen molar-refractivity contribution in [1.29, 1.82) is 0 Å². The molecule has 3 aromatic rings. The molecule has 0 aliphatic heterocycles. The van der Waals surface area contributed by atoms with Crippen molar-refractivity contribution in [1.82, 2.24) is 5.32 Å². The van der Waals surface area contributed by atoms with E-state index in [1.807, 2.05) is 68.4 Å². The first-order chi connectivity index (χ1) is 15.2. The number of para-hydroxylation sites is 1. The molecule has 0 atom stereocenters. The summed E-state index contributed by atoms with van der Waals surface area (Å²) in [5, 5.41) is 2.89. The zero-order valence-electron chi connectivity index (χ0n) is 18.5. The topological polar surface area (TPSA) is 75.7 Å². The van der Waals surface area contributed by atoms with E-state index in [0.29, 0.717) is 17.8 Å². The first-order valence-corrected chi connectivity index (χ1v) is 12.2. The van der Waals surface area contributed by atoms with Crippen molar-refractivity contribution in [3.8, 4) is 5.75 Å². The van der Waals surface area contributed by atoms with Gasteiger partial charge in [0.15, 0.2) is 0 Å². The van der Waals surface area contributed by atoms with E-state index < -0.39 is 10.0 Å². The molecule has 0 fully saturated rings. The van der Waals surface area contributed by atoms with Gasteiger partial charge in [0.25, 0.3) is 5.91 Å². The lowest BCUT2D eigenvalue weighted by molar-refractivity contribution is 0.0951. The third-order valence-corrected chi connectivity index (χ3v) is 5.84. The minimum atomic E-state index is -3.62. The summed E-state index contributed by atoms with van der Waals surface area (Å²) in [6.45, 7) is 4.33. The second kappa shape index (κ2) is 10.3. The Bertz CT molecular complexity index is 1160. The molecule has 0 heterocycles. The molecule has 0 aliphatic carbocycles. The number of hydrogen-bond acceptors (Lipinski definition) is 4. The number of nitrogens with zero attached hydrogens (tertiary/aromatic N) is 1. The highest BCUT2D eigenvalue weighted by Gasteiger charge is 2.23. The summed E-state index contributed by atoms with van der Waals surface area (Å²) in [4.78, 5) is 13.0. The number of hydrogen-bond donors (Lipinski definition) is 1. The highest BCUT2D eigenvalue weighted by atomic mass is 32.2. The molecular formula is C25H28N2O4S. The van der Waals surface area contributed by atoms with Crippen molar-refractivity contribution >= 4 is 21.6 Å². The number of sulfonamides is 1. The molecule has 0 unspecified atom stereocenters. The van der Waals surface area contributed by atoms with Crippen molar-refractivity contribution in [2.24, 2.45) is 0 Å². The summed E-state index contributed by atoms with van der Waals surface area (Å²) in [6, 6.07) is 23.5. The number of amides is 1. The number of carbonyl (C=O) groups excluding carboxylic acids is 1. The van der Waals surface area contributed by atoms with Crippen molar-refractivity contribution in [2.45, 2.75) is 33.0 Å². The quantitative estimate of drug-likeness (QED) is 0.523. The van der Waals surface area contributed by atoms with Crippen molar-refractivity contribution in [3.63, 3.8) is 0 Å². The molecule has 0 bridgehead atoms. The maximum absolute atomic E-state index is 13.0. The first kappa shape index (κ1) is 23.3. The lowest BCUT2D eigenvalue weighted by Crippen LogP contribution is -2.32. The van der Waals surface area contributed by atoms with Crippen LogP contribution in [0.15, 0.2) is 78.9 Å². The maximum atomic E-state index is 13.0. The van der Waals surface area contributed by atoms with Gasteiger partial charge in [-0.1, -0.05) is 54.6 Å². The molecule has 168 valence electrons. The SMILES string of the molecule is CC(C)Oc1cccc(CNC(=O)c2ccccc2N(Cc2ccccc2)S(C)(=O)=O)c1. The van der Waals surface area contributed by atoms with E-state index in [9.17, 15) is 13.2 Å². The zero-order chi connectivity index (χ0) is 23.1. The smallest absolute Gasteiger partial charge is 0.253 e. The van der Waals surface area contributed by atoms with E-state index in [4.69, 9.17) is 4.74 Å². The third kappa shape index (κ3) is 6.34. The number of anilines is 1. The summed E-state index contributed by atoms with van der Waals surface area (Å²) < 4.78 is 32.2. The number of rotatable bonds is 9. The van der Waals surface area contributed by atoms with Gasteiger partial charge in [0.1, 0.15) is 5.75 Å². The van der Waals surface area contributed by atoms with Crippen LogP contribution in [0.3, 0.4) is 0 Å². The molecule has 0 saturated carbocycles. The maximum Gasteiger partial charge on any atom is 0.253 e. The highest BCUT2D eigenvalue weighted by molar-refractivity contribution is 7.92. The van der Waals surface area contributed by atoms with E-state index in [0.717, 1.165) is 23.1 Å². The lowest BCUT2D eigenvalue weighted by Gasteiger charge is -2.24. The molecule has 0 radical (unpaired) electrons. The van der Waals surface area contributed by atoms with Crippen molar-refractivity contribution in [2.75, 3.05) is 10.6 Å². The third-order valence-electron chi connectivity index (χ3n) is 4.71. The fraction of sp³-hybridized carbons (Fsp3) is 0.240. The molecule has 32 heavy (non-hydrogen) atoms. The van der Waals surface area contributed by atoms with E-state index in [1.165, 1.54) is 4.31 Å². The van der Waals surface area contributed by atoms with Gasteiger partial charge in [0, 0.05) is 6.54 Å². The fourth-order valence-electron chi connectivity index (χ4n) is 3.29. The second-order valence-corrected chi connectivity index (χ2v) is 9.68. The minimum Gasteiger partial charge on any atom is -0.491 e. The van der Waals surface area contributed by atoms with Gasteiger partial charge < -0.3 is 10.1 Å². The Morgan fingerprint density at radius 3 is 2.28 bits per heavy atom. The molecular weight excluding hydrogens is 424 g/mol. The van der Waals surface area contributed by atoms with Crippen LogP contribution in [-0.2, 0) is 23.1 Å². The van der Waals surface area contributed by atoms with E-state index in [1.54, 1.807) is 24.3 Å². The largest absolute Gasteiger partial charge is 0.491 e. The van der Waals surface area contributed by atoms with Gasteiger partial charge in [-0.3, -0.25) is 9.10 Å². The second-order valence-electron chi connectivity index (χ2n) is 7.77. The van der Waals surface area contributed by atoms with Crippen molar-refractivity contribution < 1.29 is 17.9 Å². The zero-order valence-corrected chi connectivity index (χ0v) is 19.3. The van der Waals surface area contributed by atoms with Gasteiger partial charge >= 0.3 is 0 Å². The summed E-state index contributed by atoms with van der Waals surface area (Å²) in [5.74, 6) is 0.385. The molecule has 3 rings (SSSR count). The molecule has 0 spiro atoms. The van der Waals surface area contributed by atoms with Gasteiger partial charge in [0.05, 0.1) is 30.2 Å². The van der Waals surface area contributed by atoms with Crippen LogP contribution in [0.25, 0.3) is 0 Å². The van der Waals surface area contributed by atoms with Crippen LogP contribution in [0.2, 0.25) is 0 Å². The highest BCUT2D eigenvalue weighted by Crippen LogP contribution is 2.25. The number of carbonyl (C=O) groups is 1. The van der Waals surface area contributed by atoms with Crippen LogP contribution >= 0.6 is 0 Å². The Labute approximate surface area is 189 Å². The predicted octanol–water partition coefficient (Wildman–Crippen LogP) is 4.37. The monoisotopic (exact) mass is 452 g/mol. The van der Waals surface area contributed by atoms with Crippen LogP contribution in [0.5, 0.6) is 5.75 Å². The average Bonchev–Trinajstić information content (AvgIpc) is 2.75. The predicted molar refractivity (Wildman–Crippen MR) is 127 cm³/mol. The molecule has 0 aromatic heterocycles. The summed E-state index contributed by atoms with van der Waals surface area (Å²) in [7, 11) is -3.62. The Kier molecular flexibility index (Phi) is 7.53. The van der Waals surface area contributed by atoms with E-state index >= 15 is 0 Å². The molecule has 1 amide bonds. The molecule has 0 aliphatic rings. The van der Waals surface area contributed by atoms with Crippen LogP contribution in [0, 0.1) is 0 Å². The number of benzene rings is 3. The molecule has 3 aromatic carbocycles. The summed E-state index contributed by atoms with van der Waals surface area (Å²) >= 11 is 0. The van der Waals surface area contributed by atoms with Gasteiger partial charge in [-0.25, -0.2) is 8.42 Å². The van der Waals surface area contributed by atoms with Crippen LogP contribution in [0.1, 0.15) is 35.3 Å². The molecule has 0 saturated heterocycles. The Hall–Kier alpha value is -3.32. The average molecular weight is 453 g/mol. The van der Waals surface area contributed by atoms with Crippen molar-refractivity contribution in [3.05, 3.63) is 95.6 Å². The van der Waals surface area contributed by atoms with E-state index in [-0.39, 0.29) is 18.6 Å². The molecule has 6 nitrogen and oxygen atoms in total. The standard InChI is InChI=1S/C25H28N2O4S/c1-19(2)31-22-13-9-12-21(16-22)17-26-25(28)23-14-7-8-15-24(23)27(32(3,29)30)18-20-10-5-4-6-11-20/h4-16,19H,17-18H2,1-3H3,(H,26,28). The first-order valence-electron chi connectivity index (χ1n) is 10.4. The Morgan fingerprint density at radius 1 is 0.938 bits per heavy atom. The normalized spacial score (nSPS) is 11.2. The minimum absolute atomic E-state index is 0.0540. The summed E-state index contributed by atoms with van der Waals surface area (Å²) in [6.07, 6.45) is 1.20. The van der Waals surface area contributed by atoms with Crippen LogP contribution in [0.4, 0.5) is 5.69 Å². The summed E-state index contributed by atoms with van der Waals surface area (Å²) in [5.41, 5.74) is 2.35. The van der Waals surface area contributed by atoms with Gasteiger partial charge in [0.2, 0.25) is 10.0 Å². The number of ether oxygens (including phenoxy) is 1. The van der Waals surface area contributed by atoms with Gasteiger partial charge in [-0.15, -0.1) is 0 Å². The molecule has 7 heteroatoms. The molecule has 1 N–H and O–H groups in total.